The number of carbonyl (C=O) groups excluding carboxylic acids is 2. The van der Waals surface area contributed by atoms with Gasteiger partial charge in [0.05, 0.1) is 17.8 Å². The number of nitrogens with zero attached hydrogens (tertiary/aromatic N) is 5. The van der Waals surface area contributed by atoms with Gasteiger partial charge in [-0.25, -0.2) is 9.78 Å². The van der Waals surface area contributed by atoms with Gasteiger partial charge in [0.1, 0.15) is 18.3 Å². The van der Waals surface area contributed by atoms with Gasteiger partial charge in [0.15, 0.2) is 0 Å². The van der Waals surface area contributed by atoms with E-state index in [1.165, 1.54) is 6.20 Å². The Bertz CT molecular complexity index is 1210. The van der Waals surface area contributed by atoms with Gasteiger partial charge in [-0.1, -0.05) is 48.6 Å². The molecule has 1 aromatic carbocycles. The minimum absolute atomic E-state index is 0.0759. The Hall–Kier alpha value is -4.44. The molecule has 2 aliphatic rings. The van der Waals surface area contributed by atoms with Gasteiger partial charge in [-0.15, -0.1) is 0 Å². The van der Waals surface area contributed by atoms with E-state index in [-0.39, 0.29) is 25.2 Å². The highest BCUT2D eigenvalue weighted by atomic mass is 16.6. The molecule has 1 fully saturated rings. The minimum Gasteiger partial charge on any atom is -0.445 e. The first-order chi connectivity index (χ1) is 18.5. The number of para-hydroxylation sites is 1. The molecule has 38 heavy (non-hydrogen) atoms. The van der Waals surface area contributed by atoms with E-state index in [0.29, 0.717) is 37.6 Å². The van der Waals surface area contributed by atoms with Crippen molar-refractivity contribution in [2.75, 3.05) is 56.3 Å². The number of nitrogens with two attached hydrogens (primary N) is 1. The van der Waals surface area contributed by atoms with Crippen LogP contribution >= 0.6 is 0 Å². The Morgan fingerprint density at radius 3 is 2.61 bits per heavy atom. The van der Waals surface area contributed by atoms with Gasteiger partial charge < -0.3 is 25.6 Å². The molecular formula is C28H33N7O3. The molecule has 0 saturated carbocycles. The van der Waals surface area contributed by atoms with Crippen molar-refractivity contribution < 1.29 is 14.3 Å². The monoisotopic (exact) mass is 515 g/mol. The molecule has 4 rings (SSSR count). The van der Waals surface area contributed by atoms with E-state index in [2.05, 4.69) is 26.4 Å². The van der Waals surface area contributed by atoms with Crippen LogP contribution in [0.1, 0.15) is 16.8 Å². The summed E-state index contributed by atoms with van der Waals surface area (Å²) in [5, 5.41) is 8.82. The number of hydrogen-bond donors (Lipinski definition) is 2. The summed E-state index contributed by atoms with van der Waals surface area (Å²) in [7, 11) is 1.79. The number of rotatable bonds is 7. The summed E-state index contributed by atoms with van der Waals surface area (Å²) in [6, 6.07) is 13.1. The average Bonchev–Trinajstić information content (AvgIpc) is 3.25. The molecule has 0 spiro atoms. The van der Waals surface area contributed by atoms with Gasteiger partial charge in [-0.2, -0.15) is 5.10 Å². The van der Waals surface area contributed by atoms with E-state index < -0.39 is 0 Å². The molecule has 1 aliphatic heterocycles. The van der Waals surface area contributed by atoms with Crippen molar-refractivity contribution in [2.24, 2.45) is 10.8 Å². The maximum Gasteiger partial charge on any atom is 0.410 e. The second-order valence-corrected chi connectivity index (χ2v) is 8.81. The quantitative estimate of drug-likeness (QED) is 0.331. The minimum atomic E-state index is -0.337. The molecule has 2 heterocycles. The van der Waals surface area contributed by atoms with Crippen molar-refractivity contribution in [1.82, 2.24) is 15.2 Å². The number of hydrazone groups is 1. The van der Waals surface area contributed by atoms with Crippen molar-refractivity contribution >= 4 is 29.3 Å². The standard InChI is InChI=1S/C28H33N7O3/c1-33(24-11-7-4-8-12-24)32-25(19-29)31-27(36)23-13-14-26(30-20-23)34-15-17-35(18-16-34)28(37)38-21-22-9-5-2-3-6-10-22/h2,4-14,20H,3,15-19,21,29H2,1H3,(H,31,32,36). The molecule has 0 atom stereocenters. The van der Waals surface area contributed by atoms with Crippen molar-refractivity contribution in [2.45, 2.75) is 6.42 Å². The topological polar surface area (TPSA) is 116 Å². The smallest absolute Gasteiger partial charge is 0.410 e. The zero-order valence-electron chi connectivity index (χ0n) is 21.5. The summed E-state index contributed by atoms with van der Waals surface area (Å²) >= 11 is 0. The van der Waals surface area contributed by atoms with Gasteiger partial charge in [0.2, 0.25) is 0 Å². The summed E-state index contributed by atoms with van der Waals surface area (Å²) in [5.74, 6) is 0.749. The van der Waals surface area contributed by atoms with Crippen LogP contribution in [0.3, 0.4) is 0 Å². The van der Waals surface area contributed by atoms with Crippen LogP contribution in [0.5, 0.6) is 0 Å². The average molecular weight is 516 g/mol. The van der Waals surface area contributed by atoms with Crippen LogP contribution in [0.4, 0.5) is 16.3 Å². The summed E-state index contributed by atoms with van der Waals surface area (Å²) in [5.41, 5.74) is 8.04. The van der Waals surface area contributed by atoms with Crippen molar-refractivity contribution in [3.05, 3.63) is 90.2 Å². The fourth-order valence-corrected chi connectivity index (χ4v) is 3.98. The van der Waals surface area contributed by atoms with Crippen LogP contribution in [0.2, 0.25) is 0 Å². The largest absolute Gasteiger partial charge is 0.445 e. The number of pyridine rings is 1. The third kappa shape index (κ3) is 7.30. The van der Waals surface area contributed by atoms with Crippen molar-refractivity contribution in [3.8, 4) is 0 Å². The van der Waals surface area contributed by atoms with Crippen LogP contribution in [-0.4, -0.2) is 74.1 Å². The molecule has 3 N–H and O–H groups in total. The molecule has 0 unspecified atom stereocenters. The maximum absolute atomic E-state index is 12.7. The van der Waals surface area contributed by atoms with E-state index in [1.807, 2.05) is 54.6 Å². The van der Waals surface area contributed by atoms with Crippen LogP contribution in [0.15, 0.2) is 89.7 Å². The fraction of sp³-hybridized carbons (Fsp3) is 0.286. The van der Waals surface area contributed by atoms with Gasteiger partial charge in [-0.3, -0.25) is 9.80 Å². The van der Waals surface area contributed by atoms with E-state index in [4.69, 9.17) is 10.5 Å². The highest BCUT2D eigenvalue weighted by Crippen LogP contribution is 2.16. The number of aromatic nitrogens is 1. The van der Waals surface area contributed by atoms with Crippen LogP contribution in [-0.2, 0) is 4.74 Å². The van der Waals surface area contributed by atoms with Crippen molar-refractivity contribution in [1.29, 1.82) is 0 Å². The molecule has 1 saturated heterocycles. The van der Waals surface area contributed by atoms with Gasteiger partial charge in [-0.05, 0) is 36.3 Å². The Labute approximate surface area is 222 Å². The van der Waals surface area contributed by atoms with E-state index in [9.17, 15) is 9.59 Å². The Morgan fingerprint density at radius 2 is 1.89 bits per heavy atom. The van der Waals surface area contributed by atoms with Gasteiger partial charge in [0, 0.05) is 39.4 Å². The highest BCUT2D eigenvalue weighted by molar-refractivity contribution is 6.07. The number of amidine groups is 1. The highest BCUT2D eigenvalue weighted by Gasteiger charge is 2.23. The molecule has 2 aromatic rings. The SMILES string of the molecule is CN(/N=C(\CN)NC(=O)c1ccc(N2CCN(C(=O)OCC3=CC=CCC=C3)CC2)nc1)c1ccccc1. The van der Waals surface area contributed by atoms with Crippen LogP contribution in [0, 0.1) is 0 Å². The number of carbonyl (C=O) groups is 2. The fourth-order valence-electron chi connectivity index (χ4n) is 3.98. The number of anilines is 2. The number of ether oxygens (including phenoxy) is 1. The summed E-state index contributed by atoms with van der Waals surface area (Å²) in [6.07, 6.45) is 12.1. The molecular weight excluding hydrogens is 482 g/mol. The summed E-state index contributed by atoms with van der Waals surface area (Å²) in [6.45, 7) is 2.63. The van der Waals surface area contributed by atoms with Crippen LogP contribution in [0.25, 0.3) is 0 Å². The number of nitrogens with one attached hydrogen (secondary N) is 1. The second kappa shape index (κ2) is 13.2. The lowest BCUT2D eigenvalue weighted by Crippen LogP contribution is -2.49. The predicted molar refractivity (Wildman–Crippen MR) is 149 cm³/mol. The molecule has 1 aromatic heterocycles. The molecule has 10 nitrogen and oxygen atoms in total. The van der Waals surface area contributed by atoms with Crippen molar-refractivity contribution in [3.63, 3.8) is 0 Å². The predicted octanol–water partition coefficient (Wildman–Crippen LogP) is 2.92. The first-order valence-electron chi connectivity index (χ1n) is 12.6. The number of hydrogen-bond acceptors (Lipinski definition) is 8. The van der Waals surface area contributed by atoms with E-state index in [0.717, 1.165) is 23.5 Å². The zero-order chi connectivity index (χ0) is 26.7. The first-order valence-corrected chi connectivity index (χ1v) is 12.6. The zero-order valence-corrected chi connectivity index (χ0v) is 21.5. The third-order valence-corrected chi connectivity index (χ3v) is 6.14. The second-order valence-electron chi connectivity index (χ2n) is 8.81. The summed E-state index contributed by atoms with van der Waals surface area (Å²) in [4.78, 5) is 33.5. The van der Waals surface area contributed by atoms with E-state index in [1.54, 1.807) is 29.1 Å². The first kappa shape index (κ1) is 26.6. The molecule has 0 radical (unpaired) electrons. The molecule has 1 aliphatic carbocycles. The van der Waals surface area contributed by atoms with Gasteiger partial charge >= 0.3 is 6.09 Å². The van der Waals surface area contributed by atoms with Gasteiger partial charge in [0.25, 0.3) is 5.91 Å². The lowest BCUT2D eigenvalue weighted by molar-refractivity contribution is 0.0975. The van der Waals surface area contributed by atoms with Crippen LogP contribution < -0.4 is 21.0 Å². The Kier molecular flexibility index (Phi) is 9.25. The number of amides is 2. The molecule has 198 valence electrons. The Morgan fingerprint density at radius 1 is 1.11 bits per heavy atom. The third-order valence-electron chi connectivity index (χ3n) is 6.14. The molecule has 10 heteroatoms. The lowest BCUT2D eigenvalue weighted by atomic mass is 10.2. The Balaban J connectivity index is 1.26. The maximum atomic E-state index is 12.7. The molecule has 2 amide bonds. The molecule has 0 bridgehead atoms. The number of benzene rings is 1. The normalized spacial score (nSPS) is 15.5. The lowest BCUT2D eigenvalue weighted by Gasteiger charge is -2.34. The number of piperazine rings is 1. The van der Waals surface area contributed by atoms with E-state index >= 15 is 0 Å². The summed E-state index contributed by atoms with van der Waals surface area (Å²) < 4.78 is 5.48. The number of allylic oxidation sites excluding steroid dienone is 4.